The van der Waals surface area contributed by atoms with Gasteiger partial charge in [-0.05, 0) is 13.0 Å². The first-order valence-corrected chi connectivity index (χ1v) is 6.23. The maximum Gasteiger partial charge on any atom is 0.123 e. The van der Waals surface area contributed by atoms with Gasteiger partial charge in [-0.15, -0.1) is 0 Å². The van der Waals surface area contributed by atoms with Gasteiger partial charge in [-0.2, -0.15) is 11.8 Å². The molecule has 2 aliphatic heterocycles. The van der Waals surface area contributed by atoms with Gasteiger partial charge in [-0.1, -0.05) is 17.7 Å². The largest absolute Gasteiger partial charge is 0.355 e. The Morgan fingerprint density at radius 2 is 2.14 bits per heavy atom. The first kappa shape index (κ1) is 9.84. The molecule has 0 aromatic rings. The number of aliphatic imine (C=N–C) groups is 1. The Balaban J connectivity index is 2.03. The van der Waals surface area contributed by atoms with Gasteiger partial charge in [0.15, 0.2) is 0 Å². The first-order valence-electron chi connectivity index (χ1n) is 5.07. The van der Waals surface area contributed by atoms with E-state index < -0.39 is 0 Å². The summed E-state index contributed by atoms with van der Waals surface area (Å²) in [5.41, 5.74) is 1.34. The molecule has 2 rings (SSSR count). The molecule has 14 heavy (non-hydrogen) atoms. The van der Waals surface area contributed by atoms with Crippen molar-refractivity contribution in [1.82, 2.24) is 4.90 Å². The molecule has 2 nitrogen and oxygen atoms in total. The molecule has 1 saturated heterocycles. The zero-order valence-electron chi connectivity index (χ0n) is 8.57. The van der Waals surface area contributed by atoms with Gasteiger partial charge in [-0.3, -0.25) is 4.99 Å². The number of hydrogen-bond donors (Lipinski definition) is 0. The fraction of sp³-hybridized carbons (Fsp3) is 0.545. The molecule has 1 fully saturated rings. The van der Waals surface area contributed by atoms with Gasteiger partial charge in [0, 0.05) is 24.6 Å². The van der Waals surface area contributed by atoms with Crippen LogP contribution in [0.4, 0.5) is 0 Å². The zero-order chi connectivity index (χ0) is 9.80. The summed E-state index contributed by atoms with van der Waals surface area (Å²) in [4.78, 5) is 6.99. The summed E-state index contributed by atoms with van der Waals surface area (Å²) < 4.78 is 0. The van der Waals surface area contributed by atoms with E-state index in [1.54, 1.807) is 0 Å². The minimum atomic E-state index is 0.853. The Kier molecular flexibility index (Phi) is 3.30. The lowest BCUT2D eigenvalue weighted by Gasteiger charge is -2.28. The predicted octanol–water partition coefficient (Wildman–Crippen LogP) is 1.95. The number of amidine groups is 1. The van der Waals surface area contributed by atoms with Crippen LogP contribution in [0.3, 0.4) is 0 Å². The van der Waals surface area contributed by atoms with Crippen molar-refractivity contribution >= 4 is 17.6 Å². The summed E-state index contributed by atoms with van der Waals surface area (Å²) in [6, 6.07) is 0. The number of nitrogens with zero attached hydrogens (tertiary/aromatic N) is 2. The highest BCUT2D eigenvalue weighted by molar-refractivity contribution is 7.99. The monoisotopic (exact) mass is 208 g/mol. The van der Waals surface area contributed by atoms with Crippen molar-refractivity contribution in [2.45, 2.75) is 6.92 Å². The van der Waals surface area contributed by atoms with Crippen molar-refractivity contribution in [3.63, 3.8) is 0 Å². The standard InChI is InChI=1S/C11H16N2S/c1-10-3-2-4-11(12-9-10)13-5-7-14-8-6-13/h2-4H,5-9H2,1H3. The molecular weight excluding hydrogens is 192 g/mol. The highest BCUT2D eigenvalue weighted by Gasteiger charge is 2.13. The molecule has 2 heterocycles. The Bertz CT molecular complexity index is 286. The molecule has 0 aliphatic carbocycles. The predicted molar refractivity (Wildman–Crippen MR) is 64.1 cm³/mol. The first-order chi connectivity index (χ1) is 6.86. The molecule has 3 heteroatoms. The van der Waals surface area contributed by atoms with Crippen molar-refractivity contribution in [3.05, 3.63) is 23.8 Å². The maximum atomic E-state index is 4.61. The van der Waals surface area contributed by atoms with E-state index in [1.807, 2.05) is 11.8 Å². The molecule has 0 bridgehead atoms. The van der Waals surface area contributed by atoms with Gasteiger partial charge in [0.05, 0.1) is 6.54 Å². The van der Waals surface area contributed by atoms with Crippen LogP contribution in [-0.2, 0) is 0 Å². The average Bonchev–Trinajstić information content (AvgIpc) is 2.44. The Morgan fingerprint density at radius 3 is 2.93 bits per heavy atom. The quantitative estimate of drug-likeness (QED) is 0.604. The second-order valence-electron chi connectivity index (χ2n) is 3.65. The van der Waals surface area contributed by atoms with Crippen molar-refractivity contribution in [2.75, 3.05) is 31.1 Å². The molecule has 0 saturated carbocycles. The van der Waals surface area contributed by atoms with Crippen LogP contribution in [0.15, 0.2) is 28.8 Å². The topological polar surface area (TPSA) is 15.6 Å². The van der Waals surface area contributed by atoms with E-state index in [-0.39, 0.29) is 0 Å². The molecule has 0 aromatic heterocycles. The smallest absolute Gasteiger partial charge is 0.123 e. The molecule has 0 radical (unpaired) electrons. The zero-order valence-corrected chi connectivity index (χ0v) is 9.39. The molecule has 2 aliphatic rings. The van der Waals surface area contributed by atoms with Crippen molar-refractivity contribution in [1.29, 1.82) is 0 Å². The lowest BCUT2D eigenvalue weighted by molar-refractivity contribution is 0.464. The fourth-order valence-corrected chi connectivity index (χ4v) is 2.51. The van der Waals surface area contributed by atoms with E-state index in [9.17, 15) is 0 Å². The van der Waals surface area contributed by atoms with E-state index in [1.165, 1.54) is 22.9 Å². The van der Waals surface area contributed by atoms with E-state index in [0.717, 1.165) is 19.6 Å². The molecule has 0 atom stereocenters. The van der Waals surface area contributed by atoms with Gasteiger partial charge in [-0.25, -0.2) is 0 Å². The van der Waals surface area contributed by atoms with E-state index in [0.29, 0.717) is 0 Å². The van der Waals surface area contributed by atoms with Crippen LogP contribution >= 0.6 is 11.8 Å². The molecule has 0 aromatic carbocycles. The van der Waals surface area contributed by atoms with Crippen LogP contribution in [-0.4, -0.2) is 41.9 Å². The van der Waals surface area contributed by atoms with Gasteiger partial charge in [0.25, 0.3) is 0 Å². The van der Waals surface area contributed by atoms with Gasteiger partial charge < -0.3 is 4.90 Å². The van der Waals surface area contributed by atoms with Gasteiger partial charge >= 0.3 is 0 Å². The normalized spacial score (nSPS) is 22.8. The number of thioether (sulfide) groups is 1. The minimum absolute atomic E-state index is 0.853. The van der Waals surface area contributed by atoms with Crippen molar-refractivity contribution < 1.29 is 0 Å². The molecule has 76 valence electrons. The van der Waals surface area contributed by atoms with Crippen LogP contribution in [0, 0.1) is 0 Å². The van der Waals surface area contributed by atoms with Gasteiger partial charge in [0.2, 0.25) is 0 Å². The summed E-state index contributed by atoms with van der Waals surface area (Å²) in [6.07, 6.45) is 6.39. The molecule has 0 N–H and O–H groups in total. The second-order valence-corrected chi connectivity index (χ2v) is 4.87. The van der Waals surface area contributed by atoms with Crippen LogP contribution in [0.1, 0.15) is 6.92 Å². The van der Waals surface area contributed by atoms with E-state index in [2.05, 4.69) is 35.0 Å². The van der Waals surface area contributed by atoms with Crippen molar-refractivity contribution in [2.24, 2.45) is 4.99 Å². The summed E-state index contributed by atoms with van der Waals surface area (Å²) in [6.45, 7) is 5.27. The highest BCUT2D eigenvalue weighted by atomic mass is 32.2. The summed E-state index contributed by atoms with van der Waals surface area (Å²) >= 11 is 2.03. The highest BCUT2D eigenvalue weighted by Crippen LogP contribution is 2.11. The lowest BCUT2D eigenvalue weighted by Crippen LogP contribution is -2.37. The third kappa shape index (κ3) is 2.41. The Morgan fingerprint density at radius 1 is 1.36 bits per heavy atom. The third-order valence-electron chi connectivity index (χ3n) is 2.45. The third-order valence-corrected chi connectivity index (χ3v) is 3.39. The van der Waals surface area contributed by atoms with Crippen LogP contribution in [0.25, 0.3) is 0 Å². The lowest BCUT2D eigenvalue weighted by atomic mass is 10.3. The molecule has 0 spiro atoms. The Labute approximate surface area is 89.8 Å². The van der Waals surface area contributed by atoms with Crippen LogP contribution in [0.5, 0.6) is 0 Å². The average molecular weight is 208 g/mol. The van der Waals surface area contributed by atoms with Crippen LogP contribution in [0.2, 0.25) is 0 Å². The van der Waals surface area contributed by atoms with E-state index in [4.69, 9.17) is 0 Å². The van der Waals surface area contributed by atoms with Crippen LogP contribution < -0.4 is 0 Å². The maximum absolute atomic E-state index is 4.61. The minimum Gasteiger partial charge on any atom is -0.355 e. The SMILES string of the molecule is CC1=CC=CC(N2CCSCC2)=NC1. The van der Waals surface area contributed by atoms with E-state index >= 15 is 0 Å². The van der Waals surface area contributed by atoms with Crippen molar-refractivity contribution in [3.8, 4) is 0 Å². The summed E-state index contributed by atoms with van der Waals surface area (Å²) in [5.74, 6) is 3.64. The molecular formula is C11H16N2S. The number of rotatable bonds is 0. The molecule has 0 amide bonds. The Hall–Kier alpha value is -0.700. The summed E-state index contributed by atoms with van der Waals surface area (Å²) in [7, 11) is 0. The second kappa shape index (κ2) is 4.69. The number of hydrogen-bond acceptors (Lipinski definition) is 3. The van der Waals surface area contributed by atoms with Gasteiger partial charge in [0.1, 0.15) is 5.84 Å². The summed E-state index contributed by atoms with van der Waals surface area (Å²) in [5, 5.41) is 0. The molecule has 0 unspecified atom stereocenters. The fourth-order valence-electron chi connectivity index (χ4n) is 1.61. The number of allylic oxidation sites excluding steroid dienone is 2.